The van der Waals surface area contributed by atoms with Gasteiger partial charge in [-0.05, 0) is 37.1 Å². The number of aryl methyl sites for hydroxylation is 1. The van der Waals surface area contributed by atoms with Gasteiger partial charge in [0, 0.05) is 32.1 Å². The van der Waals surface area contributed by atoms with E-state index in [-0.39, 0.29) is 0 Å². The Morgan fingerprint density at radius 1 is 1.18 bits per heavy atom. The summed E-state index contributed by atoms with van der Waals surface area (Å²) in [5, 5.41) is 6.71. The molecule has 0 bridgehead atoms. The number of ether oxygens (including phenoxy) is 1. The number of aromatic amines is 1. The van der Waals surface area contributed by atoms with Crippen LogP contribution in [0.1, 0.15) is 30.3 Å². The van der Waals surface area contributed by atoms with Gasteiger partial charge in [-0.3, -0.25) is 4.99 Å². The summed E-state index contributed by atoms with van der Waals surface area (Å²) < 4.78 is 5.89. The minimum Gasteiger partial charge on any atom is -0.493 e. The number of nitrogens with zero attached hydrogens (tertiary/aromatic N) is 2. The van der Waals surface area contributed by atoms with Gasteiger partial charge in [-0.1, -0.05) is 31.2 Å². The topological polar surface area (TPSA) is 74.3 Å². The summed E-state index contributed by atoms with van der Waals surface area (Å²) >= 11 is 0. The molecule has 3 aromatic rings. The van der Waals surface area contributed by atoms with E-state index in [0.29, 0.717) is 6.54 Å². The van der Waals surface area contributed by atoms with Crippen LogP contribution in [0.4, 0.5) is 0 Å². The van der Waals surface area contributed by atoms with Gasteiger partial charge >= 0.3 is 0 Å². The van der Waals surface area contributed by atoms with Gasteiger partial charge < -0.3 is 20.4 Å². The maximum atomic E-state index is 5.89. The predicted molar refractivity (Wildman–Crippen MR) is 115 cm³/mol. The van der Waals surface area contributed by atoms with Gasteiger partial charge in [0.25, 0.3) is 0 Å². The fourth-order valence-electron chi connectivity index (χ4n) is 2.98. The van der Waals surface area contributed by atoms with Crippen molar-refractivity contribution in [2.45, 2.75) is 33.2 Å². The zero-order valence-electron chi connectivity index (χ0n) is 16.9. The van der Waals surface area contributed by atoms with Crippen LogP contribution in [0.15, 0.2) is 47.5 Å². The van der Waals surface area contributed by atoms with Crippen molar-refractivity contribution in [3.8, 4) is 5.75 Å². The number of fused-ring (bicyclic) bond motifs is 1. The van der Waals surface area contributed by atoms with Crippen molar-refractivity contribution in [2.75, 3.05) is 20.2 Å². The number of imidazole rings is 1. The number of H-pyrrole nitrogens is 1. The third-order valence-electron chi connectivity index (χ3n) is 4.45. The Kier molecular flexibility index (Phi) is 6.89. The van der Waals surface area contributed by atoms with Crippen molar-refractivity contribution in [3.05, 3.63) is 59.4 Å². The molecule has 6 heteroatoms. The smallest absolute Gasteiger partial charge is 0.191 e. The highest BCUT2D eigenvalue weighted by molar-refractivity contribution is 5.79. The summed E-state index contributed by atoms with van der Waals surface area (Å²) in [6, 6.07) is 14.4. The van der Waals surface area contributed by atoms with Crippen LogP contribution in [-0.2, 0) is 13.0 Å². The monoisotopic (exact) mass is 379 g/mol. The molecule has 1 heterocycles. The molecule has 0 aliphatic carbocycles. The van der Waals surface area contributed by atoms with Crippen molar-refractivity contribution in [2.24, 2.45) is 4.99 Å². The molecule has 0 amide bonds. The second-order valence-corrected chi connectivity index (χ2v) is 6.76. The van der Waals surface area contributed by atoms with E-state index in [1.54, 1.807) is 7.05 Å². The molecule has 0 saturated heterocycles. The average molecular weight is 380 g/mol. The lowest BCUT2D eigenvalue weighted by molar-refractivity contribution is 0.313. The molecule has 2 aromatic carbocycles. The van der Waals surface area contributed by atoms with E-state index in [2.05, 4.69) is 57.6 Å². The van der Waals surface area contributed by atoms with Crippen molar-refractivity contribution in [3.63, 3.8) is 0 Å². The molecule has 0 aliphatic rings. The number of hydrogen-bond acceptors (Lipinski definition) is 3. The predicted octanol–water partition coefficient (Wildman–Crippen LogP) is 3.57. The molecule has 1 aromatic heterocycles. The molecule has 0 saturated carbocycles. The molecule has 0 radical (unpaired) electrons. The molecular formula is C22H29N5O. The quantitative estimate of drug-likeness (QED) is 0.413. The minimum absolute atomic E-state index is 0.656. The van der Waals surface area contributed by atoms with E-state index in [1.165, 1.54) is 5.56 Å². The molecule has 6 nitrogen and oxygen atoms in total. The van der Waals surface area contributed by atoms with Crippen LogP contribution in [0.3, 0.4) is 0 Å². The van der Waals surface area contributed by atoms with E-state index in [0.717, 1.165) is 60.1 Å². The highest BCUT2D eigenvalue weighted by atomic mass is 16.5. The van der Waals surface area contributed by atoms with Crippen molar-refractivity contribution in [1.82, 2.24) is 20.6 Å². The maximum Gasteiger partial charge on any atom is 0.191 e. The van der Waals surface area contributed by atoms with Gasteiger partial charge in [0.15, 0.2) is 5.96 Å². The third kappa shape index (κ3) is 5.25. The largest absolute Gasteiger partial charge is 0.493 e. The molecule has 0 aliphatic heterocycles. The number of aromatic nitrogens is 2. The standard InChI is InChI=1S/C22H29N5O/c1-4-13-28-20-14-16(2)9-10-17(20)15-25-22(23-3)24-12-11-21-26-18-7-5-6-8-19(18)27-21/h5-10,14H,4,11-13,15H2,1-3H3,(H,26,27)(H2,23,24,25). The third-order valence-corrected chi connectivity index (χ3v) is 4.45. The number of benzene rings is 2. The maximum absolute atomic E-state index is 5.89. The normalized spacial score (nSPS) is 11.6. The van der Waals surface area contributed by atoms with Crippen LogP contribution >= 0.6 is 0 Å². The van der Waals surface area contributed by atoms with Gasteiger partial charge in [0.1, 0.15) is 11.6 Å². The Balaban J connectivity index is 1.52. The zero-order chi connectivity index (χ0) is 19.8. The second kappa shape index (κ2) is 9.78. The van der Waals surface area contributed by atoms with E-state index in [4.69, 9.17) is 4.74 Å². The summed E-state index contributed by atoms with van der Waals surface area (Å²) in [6.07, 6.45) is 1.79. The first-order chi connectivity index (χ1) is 13.7. The van der Waals surface area contributed by atoms with E-state index >= 15 is 0 Å². The van der Waals surface area contributed by atoms with Gasteiger partial charge in [-0.2, -0.15) is 0 Å². The minimum atomic E-state index is 0.656. The van der Waals surface area contributed by atoms with Crippen molar-refractivity contribution < 1.29 is 4.74 Å². The van der Waals surface area contributed by atoms with Gasteiger partial charge in [-0.15, -0.1) is 0 Å². The fourth-order valence-corrected chi connectivity index (χ4v) is 2.98. The summed E-state index contributed by atoms with van der Waals surface area (Å²) in [5.74, 6) is 2.67. The lowest BCUT2D eigenvalue weighted by atomic mass is 10.1. The van der Waals surface area contributed by atoms with Gasteiger partial charge in [0.2, 0.25) is 0 Å². The number of nitrogens with one attached hydrogen (secondary N) is 3. The number of para-hydroxylation sites is 2. The lowest BCUT2D eigenvalue weighted by Gasteiger charge is -2.15. The van der Waals surface area contributed by atoms with Crippen molar-refractivity contribution in [1.29, 1.82) is 0 Å². The van der Waals surface area contributed by atoms with Crippen LogP contribution in [0.5, 0.6) is 5.75 Å². The first-order valence-corrected chi connectivity index (χ1v) is 9.80. The molecular weight excluding hydrogens is 350 g/mol. The Morgan fingerprint density at radius 3 is 2.82 bits per heavy atom. The molecule has 3 N–H and O–H groups in total. The van der Waals surface area contributed by atoms with Crippen molar-refractivity contribution >= 4 is 17.0 Å². The molecule has 148 valence electrons. The molecule has 28 heavy (non-hydrogen) atoms. The summed E-state index contributed by atoms with van der Waals surface area (Å²) in [7, 11) is 1.78. The second-order valence-electron chi connectivity index (χ2n) is 6.76. The first-order valence-electron chi connectivity index (χ1n) is 9.80. The first kappa shape index (κ1) is 19.7. The van der Waals surface area contributed by atoms with Crippen LogP contribution < -0.4 is 15.4 Å². The van der Waals surface area contributed by atoms with E-state index in [1.807, 2.05) is 24.3 Å². The molecule has 0 spiro atoms. The Morgan fingerprint density at radius 2 is 2.04 bits per heavy atom. The highest BCUT2D eigenvalue weighted by Crippen LogP contribution is 2.20. The average Bonchev–Trinajstić information content (AvgIpc) is 3.12. The SMILES string of the molecule is CCCOc1cc(C)ccc1CNC(=NC)NCCc1nc2ccccc2[nH]1. The fraction of sp³-hybridized carbons (Fsp3) is 0.364. The van der Waals surface area contributed by atoms with E-state index < -0.39 is 0 Å². The number of rotatable bonds is 8. The Bertz CT molecular complexity index is 899. The molecule has 0 unspecified atom stereocenters. The van der Waals surface area contributed by atoms with Crippen LogP contribution in [0, 0.1) is 6.92 Å². The summed E-state index contributed by atoms with van der Waals surface area (Å²) in [5.41, 5.74) is 4.39. The summed E-state index contributed by atoms with van der Waals surface area (Å²) in [6.45, 7) is 6.31. The molecule has 0 atom stereocenters. The van der Waals surface area contributed by atoms with Gasteiger partial charge in [0.05, 0.1) is 17.6 Å². The Labute approximate surface area is 166 Å². The Hall–Kier alpha value is -3.02. The highest BCUT2D eigenvalue weighted by Gasteiger charge is 2.06. The summed E-state index contributed by atoms with van der Waals surface area (Å²) in [4.78, 5) is 12.3. The number of guanidine groups is 1. The zero-order valence-corrected chi connectivity index (χ0v) is 16.9. The number of aliphatic imine (C=N–C) groups is 1. The van der Waals surface area contributed by atoms with Crippen LogP contribution in [0.2, 0.25) is 0 Å². The van der Waals surface area contributed by atoms with E-state index in [9.17, 15) is 0 Å². The van der Waals surface area contributed by atoms with Crippen LogP contribution in [0.25, 0.3) is 11.0 Å². The molecule has 3 rings (SSSR count). The van der Waals surface area contributed by atoms with Crippen LogP contribution in [-0.4, -0.2) is 36.1 Å². The van der Waals surface area contributed by atoms with Gasteiger partial charge in [-0.25, -0.2) is 4.98 Å². The lowest BCUT2D eigenvalue weighted by Crippen LogP contribution is -2.38. The number of hydrogen-bond donors (Lipinski definition) is 3. The molecule has 0 fully saturated rings.